The number of aliphatic hydroxyl groups is 1. The van der Waals surface area contributed by atoms with Crippen molar-refractivity contribution in [3.63, 3.8) is 0 Å². The predicted octanol–water partition coefficient (Wildman–Crippen LogP) is 5.82. The molecular weight excluding hydrogens is 451 g/mol. The van der Waals surface area contributed by atoms with E-state index in [0.29, 0.717) is 29.7 Å². The van der Waals surface area contributed by atoms with E-state index >= 15 is 0 Å². The Morgan fingerprint density at radius 1 is 0.943 bits per heavy atom. The molecule has 0 fully saturated rings. The molecule has 4 aromatic rings. The normalized spacial score (nSPS) is 14.2. The summed E-state index contributed by atoms with van der Waals surface area (Å²) in [6.07, 6.45) is -0.724. The van der Waals surface area contributed by atoms with Crippen LogP contribution < -0.4 is 5.62 Å². The molecule has 0 atom stereocenters. The summed E-state index contributed by atoms with van der Waals surface area (Å²) >= 11 is 0. The van der Waals surface area contributed by atoms with Gasteiger partial charge in [0, 0.05) is 7.05 Å². The summed E-state index contributed by atoms with van der Waals surface area (Å²) in [6, 6.07) is 16.1. The first kappa shape index (κ1) is 23.4. The Balaban J connectivity index is 1.77. The molecule has 0 saturated heterocycles. The molecular formula is C28H28F3N3O. The standard InChI is InChI=1S/C28H28F3N3O/c1-3-20-13-23(28(29,30)31)15-25-26(20)33(2)27(32-24-12-11-21-5-4-6-22(21)14-24)34(25)16-18-7-9-19(17-35)10-8-18/h7-15,35H,3-6,16-17H2,1-2H3. The van der Waals surface area contributed by atoms with Gasteiger partial charge in [0.1, 0.15) is 0 Å². The number of fused-ring (bicyclic) bond motifs is 2. The van der Waals surface area contributed by atoms with E-state index in [1.165, 1.54) is 23.3 Å². The SMILES string of the molecule is CCc1cc(C(F)(F)F)cc2c1n(C)c(=Nc1ccc3c(c1)CCC3)n2Cc1ccc(CO)cc1. The van der Waals surface area contributed by atoms with Gasteiger partial charge >= 0.3 is 6.18 Å². The van der Waals surface area contributed by atoms with Crippen molar-refractivity contribution in [2.45, 2.75) is 51.9 Å². The average Bonchev–Trinajstić information content (AvgIpc) is 3.42. The van der Waals surface area contributed by atoms with E-state index in [2.05, 4.69) is 12.1 Å². The highest BCUT2D eigenvalue weighted by Crippen LogP contribution is 2.34. The maximum atomic E-state index is 13.8. The van der Waals surface area contributed by atoms with Gasteiger partial charge in [-0.1, -0.05) is 37.3 Å². The van der Waals surface area contributed by atoms with Crippen LogP contribution in [0.15, 0.2) is 59.6 Å². The van der Waals surface area contributed by atoms with Crippen molar-refractivity contribution in [1.29, 1.82) is 0 Å². The molecule has 0 amide bonds. The van der Waals surface area contributed by atoms with Gasteiger partial charge in [0.25, 0.3) is 0 Å². The number of halogens is 3. The summed E-state index contributed by atoms with van der Waals surface area (Å²) in [5, 5.41) is 9.37. The van der Waals surface area contributed by atoms with Crippen molar-refractivity contribution < 1.29 is 18.3 Å². The summed E-state index contributed by atoms with van der Waals surface area (Å²) < 4.78 is 45.1. The van der Waals surface area contributed by atoms with Gasteiger partial charge in [-0.3, -0.25) is 0 Å². The molecule has 1 N–H and O–H groups in total. The number of nitrogens with zero attached hydrogens (tertiary/aromatic N) is 3. The maximum Gasteiger partial charge on any atom is 0.416 e. The van der Waals surface area contributed by atoms with Crippen LogP contribution in [0.4, 0.5) is 18.9 Å². The minimum Gasteiger partial charge on any atom is -0.392 e. The molecule has 3 aromatic carbocycles. The van der Waals surface area contributed by atoms with E-state index in [-0.39, 0.29) is 6.61 Å². The van der Waals surface area contributed by atoms with Gasteiger partial charge in [-0.05, 0) is 77.8 Å². The fourth-order valence-corrected chi connectivity index (χ4v) is 5.06. The molecule has 7 heteroatoms. The van der Waals surface area contributed by atoms with Crippen molar-refractivity contribution in [1.82, 2.24) is 9.13 Å². The molecule has 5 rings (SSSR count). The fourth-order valence-electron chi connectivity index (χ4n) is 5.06. The first-order valence-corrected chi connectivity index (χ1v) is 11.9. The number of aromatic nitrogens is 2. The lowest BCUT2D eigenvalue weighted by molar-refractivity contribution is -0.137. The third-order valence-corrected chi connectivity index (χ3v) is 6.90. The third-order valence-electron chi connectivity index (χ3n) is 6.90. The van der Waals surface area contributed by atoms with Crippen molar-refractivity contribution in [2.24, 2.45) is 12.0 Å². The van der Waals surface area contributed by atoms with Gasteiger partial charge in [0.15, 0.2) is 0 Å². The summed E-state index contributed by atoms with van der Waals surface area (Å²) in [6.45, 7) is 2.17. The maximum absolute atomic E-state index is 13.8. The van der Waals surface area contributed by atoms with Gasteiger partial charge in [-0.25, -0.2) is 4.99 Å². The van der Waals surface area contributed by atoms with Crippen molar-refractivity contribution in [3.8, 4) is 0 Å². The molecule has 0 radical (unpaired) electrons. The van der Waals surface area contributed by atoms with E-state index in [0.717, 1.165) is 41.6 Å². The highest BCUT2D eigenvalue weighted by Gasteiger charge is 2.32. The Kier molecular flexibility index (Phi) is 6.05. The minimum atomic E-state index is -4.44. The van der Waals surface area contributed by atoms with Gasteiger partial charge in [-0.15, -0.1) is 0 Å². The second kappa shape index (κ2) is 9.04. The summed E-state index contributed by atoms with van der Waals surface area (Å²) in [7, 11) is 1.87. The number of hydrogen-bond acceptors (Lipinski definition) is 2. The fraction of sp³-hybridized carbons (Fsp3) is 0.321. The van der Waals surface area contributed by atoms with E-state index in [4.69, 9.17) is 4.99 Å². The van der Waals surface area contributed by atoms with Crippen LogP contribution in [0.5, 0.6) is 0 Å². The van der Waals surface area contributed by atoms with Gasteiger partial charge in [0.2, 0.25) is 5.62 Å². The number of hydrogen-bond donors (Lipinski definition) is 1. The van der Waals surface area contributed by atoms with Crippen LogP contribution in [0.25, 0.3) is 11.0 Å². The molecule has 1 aliphatic carbocycles. The second-order valence-corrected chi connectivity index (χ2v) is 9.19. The number of aliphatic hydroxyl groups excluding tert-OH is 1. The topological polar surface area (TPSA) is 42.5 Å². The lowest BCUT2D eigenvalue weighted by Gasteiger charge is -2.12. The first-order valence-electron chi connectivity index (χ1n) is 11.9. The number of rotatable bonds is 5. The zero-order chi connectivity index (χ0) is 24.7. The molecule has 0 bridgehead atoms. The molecule has 0 aliphatic heterocycles. The van der Waals surface area contributed by atoms with Crippen LogP contribution in [-0.2, 0) is 45.6 Å². The van der Waals surface area contributed by atoms with Crippen LogP contribution in [0, 0.1) is 0 Å². The van der Waals surface area contributed by atoms with Crippen LogP contribution >= 0.6 is 0 Å². The largest absolute Gasteiger partial charge is 0.416 e. The zero-order valence-corrected chi connectivity index (χ0v) is 19.9. The highest BCUT2D eigenvalue weighted by atomic mass is 19.4. The third kappa shape index (κ3) is 4.41. The number of imidazole rings is 1. The van der Waals surface area contributed by atoms with Crippen molar-refractivity contribution >= 4 is 16.7 Å². The molecule has 1 heterocycles. The van der Waals surface area contributed by atoms with E-state index in [1.54, 1.807) is 0 Å². The monoisotopic (exact) mass is 479 g/mol. The smallest absolute Gasteiger partial charge is 0.392 e. The van der Waals surface area contributed by atoms with Crippen LogP contribution in [0.2, 0.25) is 0 Å². The molecule has 0 saturated carbocycles. The Bertz CT molecular complexity index is 1460. The molecule has 4 nitrogen and oxygen atoms in total. The Morgan fingerprint density at radius 2 is 1.66 bits per heavy atom. The number of benzene rings is 3. The molecule has 1 aromatic heterocycles. The van der Waals surface area contributed by atoms with E-state index in [9.17, 15) is 18.3 Å². The van der Waals surface area contributed by atoms with Crippen LogP contribution in [0.1, 0.15) is 46.7 Å². The first-order chi connectivity index (χ1) is 16.8. The lowest BCUT2D eigenvalue weighted by atomic mass is 10.1. The zero-order valence-electron chi connectivity index (χ0n) is 19.9. The van der Waals surface area contributed by atoms with Gasteiger partial charge in [0.05, 0.1) is 35.4 Å². The minimum absolute atomic E-state index is 0.0601. The second-order valence-electron chi connectivity index (χ2n) is 9.19. The van der Waals surface area contributed by atoms with Crippen LogP contribution in [-0.4, -0.2) is 14.2 Å². The summed E-state index contributed by atoms with van der Waals surface area (Å²) in [5.41, 5.74) is 6.99. The molecule has 0 spiro atoms. The van der Waals surface area contributed by atoms with Crippen molar-refractivity contribution in [3.05, 3.63) is 93.6 Å². The average molecular weight is 480 g/mol. The van der Waals surface area contributed by atoms with Gasteiger partial charge < -0.3 is 14.2 Å². The summed E-state index contributed by atoms with van der Waals surface area (Å²) in [5.74, 6) is 0. The molecule has 182 valence electrons. The quantitative estimate of drug-likeness (QED) is 0.385. The predicted molar refractivity (Wildman–Crippen MR) is 130 cm³/mol. The molecule has 35 heavy (non-hydrogen) atoms. The highest BCUT2D eigenvalue weighted by molar-refractivity contribution is 5.81. The Hall–Kier alpha value is -3.32. The van der Waals surface area contributed by atoms with Crippen molar-refractivity contribution in [2.75, 3.05) is 0 Å². The van der Waals surface area contributed by atoms with E-state index < -0.39 is 11.7 Å². The Labute approximate surface area is 202 Å². The number of aryl methyl sites for hydroxylation is 4. The number of alkyl halides is 3. The Morgan fingerprint density at radius 3 is 2.34 bits per heavy atom. The molecule has 1 aliphatic rings. The van der Waals surface area contributed by atoms with E-state index in [1.807, 2.05) is 53.4 Å². The lowest BCUT2D eigenvalue weighted by Crippen LogP contribution is -2.24. The van der Waals surface area contributed by atoms with Gasteiger partial charge in [-0.2, -0.15) is 13.2 Å². The summed E-state index contributed by atoms with van der Waals surface area (Å²) in [4.78, 5) is 4.96. The van der Waals surface area contributed by atoms with Crippen LogP contribution in [0.3, 0.4) is 0 Å². The molecule has 0 unspecified atom stereocenters.